The first-order chi connectivity index (χ1) is 11.7. The Labute approximate surface area is 145 Å². The predicted molar refractivity (Wildman–Crippen MR) is 91.8 cm³/mol. The molecule has 132 valence electrons. The first-order valence-electron chi connectivity index (χ1n) is 8.53. The van der Waals surface area contributed by atoms with Crippen LogP contribution in [-0.2, 0) is 20.9 Å². The Hall–Kier alpha value is -1.51. The first kappa shape index (κ1) is 17.3. The van der Waals surface area contributed by atoms with E-state index in [1.807, 2.05) is 5.38 Å². The van der Waals surface area contributed by atoms with Crippen molar-refractivity contribution >= 4 is 28.3 Å². The van der Waals surface area contributed by atoms with Gasteiger partial charge in [-0.15, -0.1) is 11.3 Å². The van der Waals surface area contributed by atoms with Gasteiger partial charge in [0, 0.05) is 30.9 Å². The van der Waals surface area contributed by atoms with E-state index in [4.69, 9.17) is 4.74 Å². The molecule has 1 saturated carbocycles. The number of morpholine rings is 1. The minimum atomic E-state index is -0.228. The van der Waals surface area contributed by atoms with Crippen molar-refractivity contribution in [1.82, 2.24) is 15.2 Å². The van der Waals surface area contributed by atoms with Crippen molar-refractivity contribution in [3.05, 3.63) is 11.1 Å². The Kier molecular flexibility index (Phi) is 6.17. The molecule has 2 aliphatic rings. The van der Waals surface area contributed by atoms with Crippen molar-refractivity contribution in [3.8, 4) is 0 Å². The second-order valence-corrected chi connectivity index (χ2v) is 7.14. The molecule has 2 amide bonds. The Morgan fingerprint density at radius 2 is 2.04 bits per heavy atom. The number of amides is 2. The topological polar surface area (TPSA) is 83.6 Å². The number of aromatic nitrogens is 1. The lowest BCUT2D eigenvalue weighted by atomic mass is 10.1. The van der Waals surface area contributed by atoms with Gasteiger partial charge < -0.3 is 15.4 Å². The van der Waals surface area contributed by atoms with Crippen LogP contribution in [0.15, 0.2) is 5.38 Å². The third kappa shape index (κ3) is 4.99. The number of ether oxygens (including phenoxy) is 1. The zero-order valence-corrected chi connectivity index (χ0v) is 14.6. The Bertz CT molecular complexity index is 565. The van der Waals surface area contributed by atoms with E-state index in [0.29, 0.717) is 5.13 Å². The third-order valence-electron chi connectivity index (χ3n) is 4.44. The molecule has 1 saturated heterocycles. The molecule has 1 aliphatic heterocycles. The van der Waals surface area contributed by atoms with Crippen molar-refractivity contribution in [2.75, 3.05) is 38.2 Å². The number of carbonyl (C=O) groups excluding carboxylic acids is 2. The summed E-state index contributed by atoms with van der Waals surface area (Å²) in [4.78, 5) is 30.6. The Morgan fingerprint density at radius 3 is 2.79 bits per heavy atom. The molecular weight excluding hydrogens is 328 g/mol. The summed E-state index contributed by atoms with van der Waals surface area (Å²) >= 11 is 1.41. The average Bonchev–Trinajstić information content (AvgIpc) is 3.26. The van der Waals surface area contributed by atoms with Crippen LogP contribution in [0.5, 0.6) is 0 Å². The van der Waals surface area contributed by atoms with Crippen LogP contribution in [0.2, 0.25) is 0 Å². The lowest BCUT2D eigenvalue weighted by Gasteiger charge is -2.25. The Balaban J connectivity index is 1.40. The molecule has 2 heterocycles. The van der Waals surface area contributed by atoms with Gasteiger partial charge in [-0.05, 0) is 12.8 Å². The van der Waals surface area contributed by atoms with E-state index >= 15 is 0 Å². The molecule has 7 nitrogen and oxygen atoms in total. The fraction of sp³-hybridized carbons (Fsp3) is 0.688. The minimum Gasteiger partial charge on any atom is -0.379 e. The molecule has 1 aliphatic carbocycles. The van der Waals surface area contributed by atoms with Crippen LogP contribution in [-0.4, -0.2) is 54.5 Å². The van der Waals surface area contributed by atoms with Gasteiger partial charge >= 0.3 is 0 Å². The molecule has 2 fully saturated rings. The molecule has 0 unspecified atom stereocenters. The van der Waals surface area contributed by atoms with Gasteiger partial charge in [-0.1, -0.05) is 12.8 Å². The molecule has 3 rings (SSSR count). The number of thiazole rings is 1. The van der Waals surface area contributed by atoms with Crippen molar-refractivity contribution in [1.29, 1.82) is 0 Å². The smallest absolute Gasteiger partial charge is 0.245 e. The predicted octanol–water partition coefficient (Wildman–Crippen LogP) is 1.22. The molecule has 0 radical (unpaired) electrons. The average molecular weight is 352 g/mol. The van der Waals surface area contributed by atoms with Crippen molar-refractivity contribution in [3.63, 3.8) is 0 Å². The van der Waals surface area contributed by atoms with Crippen LogP contribution in [0.25, 0.3) is 0 Å². The first-order valence-corrected chi connectivity index (χ1v) is 9.41. The third-order valence-corrected chi connectivity index (χ3v) is 5.24. The highest BCUT2D eigenvalue weighted by atomic mass is 32.1. The Morgan fingerprint density at radius 1 is 1.29 bits per heavy atom. The summed E-state index contributed by atoms with van der Waals surface area (Å²) < 4.78 is 5.33. The van der Waals surface area contributed by atoms with Crippen LogP contribution in [0.4, 0.5) is 5.13 Å². The van der Waals surface area contributed by atoms with Gasteiger partial charge in [0.15, 0.2) is 5.13 Å². The SMILES string of the molecule is O=C(CNC(=O)C1CCCC1)Nc1nc(CN2CCOCC2)cs1. The molecule has 8 heteroatoms. The fourth-order valence-electron chi connectivity index (χ4n) is 3.09. The van der Waals surface area contributed by atoms with E-state index in [0.717, 1.165) is 64.2 Å². The number of anilines is 1. The lowest BCUT2D eigenvalue weighted by molar-refractivity contribution is -0.127. The van der Waals surface area contributed by atoms with Gasteiger partial charge in [-0.25, -0.2) is 4.98 Å². The minimum absolute atomic E-state index is 0.00482. The number of carbonyl (C=O) groups is 2. The normalized spacial score (nSPS) is 19.3. The number of hydrogen-bond acceptors (Lipinski definition) is 6. The summed E-state index contributed by atoms with van der Waals surface area (Å²) in [5.41, 5.74) is 0.951. The molecule has 2 N–H and O–H groups in total. The molecule has 24 heavy (non-hydrogen) atoms. The standard InChI is InChI=1S/C16H24N4O3S/c21-14(9-17-15(22)12-3-1-2-4-12)19-16-18-13(11-24-16)10-20-5-7-23-8-6-20/h11-12H,1-10H2,(H,17,22)(H,18,19,21). The quantitative estimate of drug-likeness (QED) is 0.804. The van der Waals surface area contributed by atoms with Crippen LogP contribution < -0.4 is 10.6 Å². The van der Waals surface area contributed by atoms with Gasteiger partial charge in [0.05, 0.1) is 25.5 Å². The molecule has 1 aromatic heterocycles. The monoisotopic (exact) mass is 352 g/mol. The maximum atomic E-state index is 11.9. The zero-order valence-electron chi connectivity index (χ0n) is 13.8. The van der Waals surface area contributed by atoms with Crippen LogP contribution >= 0.6 is 11.3 Å². The zero-order chi connectivity index (χ0) is 16.8. The highest BCUT2D eigenvalue weighted by Crippen LogP contribution is 2.24. The van der Waals surface area contributed by atoms with E-state index in [-0.39, 0.29) is 24.3 Å². The molecule has 0 atom stereocenters. The number of nitrogens with one attached hydrogen (secondary N) is 2. The fourth-order valence-corrected chi connectivity index (χ4v) is 3.81. The summed E-state index contributed by atoms with van der Waals surface area (Å²) in [5, 5.41) is 8.02. The van der Waals surface area contributed by atoms with Crippen LogP contribution in [0, 0.1) is 5.92 Å². The second kappa shape index (κ2) is 8.55. The van der Waals surface area contributed by atoms with Crippen LogP contribution in [0.3, 0.4) is 0 Å². The van der Waals surface area contributed by atoms with Crippen molar-refractivity contribution < 1.29 is 14.3 Å². The summed E-state index contributed by atoms with van der Waals surface area (Å²) in [6.07, 6.45) is 4.08. The van der Waals surface area contributed by atoms with Gasteiger partial charge in [0.1, 0.15) is 0 Å². The molecule has 1 aromatic rings. The van der Waals surface area contributed by atoms with Crippen molar-refractivity contribution in [2.24, 2.45) is 5.92 Å². The summed E-state index contributed by atoms with van der Waals surface area (Å²) in [5.74, 6) is -0.152. The lowest BCUT2D eigenvalue weighted by Crippen LogP contribution is -2.36. The van der Waals surface area contributed by atoms with Gasteiger partial charge in [0.2, 0.25) is 11.8 Å². The van der Waals surface area contributed by atoms with E-state index in [9.17, 15) is 9.59 Å². The largest absolute Gasteiger partial charge is 0.379 e. The molecular formula is C16H24N4O3S. The summed E-state index contributed by atoms with van der Waals surface area (Å²) in [7, 11) is 0. The molecule has 0 bridgehead atoms. The van der Waals surface area contributed by atoms with E-state index in [1.54, 1.807) is 0 Å². The van der Waals surface area contributed by atoms with Crippen molar-refractivity contribution in [2.45, 2.75) is 32.2 Å². The summed E-state index contributed by atoms with van der Waals surface area (Å²) in [6.45, 7) is 4.11. The number of hydrogen-bond donors (Lipinski definition) is 2. The maximum absolute atomic E-state index is 11.9. The second-order valence-electron chi connectivity index (χ2n) is 6.28. The highest BCUT2D eigenvalue weighted by Gasteiger charge is 2.22. The van der Waals surface area contributed by atoms with E-state index < -0.39 is 0 Å². The molecule has 0 spiro atoms. The maximum Gasteiger partial charge on any atom is 0.245 e. The van der Waals surface area contributed by atoms with Crippen LogP contribution in [0.1, 0.15) is 31.4 Å². The van der Waals surface area contributed by atoms with E-state index in [2.05, 4.69) is 20.5 Å². The number of nitrogens with zero attached hydrogens (tertiary/aromatic N) is 2. The van der Waals surface area contributed by atoms with Gasteiger partial charge in [-0.3, -0.25) is 14.5 Å². The van der Waals surface area contributed by atoms with Gasteiger partial charge in [-0.2, -0.15) is 0 Å². The van der Waals surface area contributed by atoms with E-state index in [1.165, 1.54) is 11.3 Å². The molecule has 0 aromatic carbocycles. The van der Waals surface area contributed by atoms with Gasteiger partial charge in [0.25, 0.3) is 0 Å². The number of rotatable bonds is 6. The highest BCUT2D eigenvalue weighted by molar-refractivity contribution is 7.13. The summed E-state index contributed by atoms with van der Waals surface area (Å²) in [6, 6.07) is 0.